The summed E-state index contributed by atoms with van der Waals surface area (Å²) < 4.78 is 27.3. The zero-order valence-electron chi connectivity index (χ0n) is 19.0. The number of aliphatic imine (C=N–C) groups is 1. The molecule has 3 N–H and O–H groups in total. The largest absolute Gasteiger partial charge is 0.356 e. The third kappa shape index (κ3) is 9.16. The molecule has 31 heavy (non-hydrogen) atoms. The Kier molecular flexibility index (Phi) is 11.0. The lowest BCUT2D eigenvalue weighted by molar-refractivity contribution is 0.508. The molecule has 0 aliphatic rings. The number of rotatable bonds is 9. The number of halogens is 1. The molecule has 0 spiro atoms. The van der Waals surface area contributed by atoms with Gasteiger partial charge in [0.2, 0.25) is 10.0 Å². The lowest BCUT2D eigenvalue weighted by Gasteiger charge is -2.27. The van der Waals surface area contributed by atoms with Crippen LogP contribution in [0.4, 0.5) is 0 Å². The molecule has 0 heterocycles. The first-order valence-corrected chi connectivity index (χ1v) is 11.8. The van der Waals surface area contributed by atoms with E-state index in [0.29, 0.717) is 19.0 Å². The third-order valence-electron chi connectivity index (χ3n) is 4.80. The van der Waals surface area contributed by atoms with Crippen molar-refractivity contribution in [1.29, 1.82) is 0 Å². The fourth-order valence-corrected chi connectivity index (χ4v) is 4.66. The molecule has 0 atom stereocenters. The summed E-state index contributed by atoms with van der Waals surface area (Å²) in [7, 11) is -1.65. The van der Waals surface area contributed by atoms with E-state index in [2.05, 4.69) is 46.3 Å². The maximum absolute atomic E-state index is 12.3. The molecule has 0 saturated carbocycles. The summed E-state index contributed by atoms with van der Waals surface area (Å²) >= 11 is 0. The van der Waals surface area contributed by atoms with Crippen molar-refractivity contribution in [2.75, 3.05) is 13.6 Å². The fourth-order valence-electron chi connectivity index (χ4n) is 3.17. The van der Waals surface area contributed by atoms with Gasteiger partial charge in [-0.05, 0) is 30.5 Å². The van der Waals surface area contributed by atoms with E-state index in [-0.39, 0.29) is 41.2 Å². The van der Waals surface area contributed by atoms with Gasteiger partial charge in [-0.2, -0.15) is 0 Å². The van der Waals surface area contributed by atoms with Gasteiger partial charge in [-0.25, -0.2) is 13.1 Å². The van der Waals surface area contributed by atoms with E-state index in [9.17, 15) is 8.42 Å². The summed E-state index contributed by atoms with van der Waals surface area (Å²) in [4.78, 5) is 4.31. The van der Waals surface area contributed by atoms with Crippen molar-refractivity contribution >= 4 is 40.0 Å². The van der Waals surface area contributed by atoms with Crippen LogP contribution in [-0.4, -0.2) is 34.0 Å². The quantitative estimate of drug-likeness (QED) is 0.249. The Morgan fingerprint density at radius 3 is 2.13 bits per heavy atom. The third-order valence-corrected chi connectivity index (χ3v) is 6.32. The summed E-state index contributed by atoms with van der Waals surface area (Å²) in [6, 6.07) is 17.8. The molecule has 0 unspecified atom stereocenters. The van der Waals surface area contributed by atoms with Gasteiger partial charge in [0.15, 0.2) is 5.96 Å². The molecule has 0 aliphatic carbocycles. The molecule has 0 fully saturated rings. The number of benzene rings is 2. The average molecular weight is 559 g/mol. The van der Waals surface area contributed by atoms with Crippen molar-refractivity contribution in [3.8, 4) is 0 Å². The smallest absolute Gasteiger partial charge is 0.216 e. The van der Waals surface area contributed by atoms with E-state index in [1.54, 1.807) is 7.05 Å². The topological polar surface area (TPSA) is 82.6 Å². The zero-order valence-corrected chi connectivity index (χ0v) is 22.1. The fraction of sp³-hybridized carbons (Fsp3) is 0.435. The minimum absolute atomic E-state index is 0. The van der Waals surface area contributed by atoms with E-state index in [1.807, 2.05) is 56.3 Å². The van der Waals surface area contributed by atoms with Crippen molar-refractivity contribution in [3.63, 3.8) is 0 Å². The summed E-state index contributed by atoms with van der Waals surface area (Å²) in [5.41, 5.74) is 2.89. The zero-order chi connectivity index (χ0) is 22.2. The molecule has 2 aromatic rings. The standard InChI is InChI=1S/C23H34N4O2S.HI/c1-18(2)27-30(28,29)16-20-12-10-9-11-19(20)15-25-22(24-5)26-17-23(3,4)21-13-7-6-8-14-21;/h6-14,18,27H,15-17H2,1-5H3,(H2,24,25,26);1H. The number of sulfonamides is 1. The highest BCUT2D eigenvalue weighted by Gasteiger charge is 2.21. The Labute approximate surface area is 204 Å². The second-order valence-corrected chi connectivity index (χ2v) is 10.1. The van der Waals surface area contributed by atoms with Crippen LogP contribution in [0.15, 0.2) is 59.6 Å². The number of hydrogen-bond acceptors (Lipinski definition) is 3. The molecular weight excluding hydrogens is 523 g/mol. The van der Waals surface area contributed by atoms with Crippen molar-refractivity contribution in [3.05, 3.63) is 71.3 Å². The Balaban J connectivity index is 0.00000480. The lowest BCUT2D eigenvalue weighted by atomic mass is 9.85. The monoisotopic (exact) mass is 558 g/mol. The molecule has 0 saturated heterocycles. The van der Waals surface area contributed by atoms with Crippen LogP contribution in [0, 0.1) is 0 Å². The predicted molar refractivity (Wildman–Crippen MR) is 140 cm³/mol. The minimum atomic E-state index is -3.38. The summed E-state index contributed by atoms with van der Waals surface area (Å²) in [5.74, 6) is 0.632. The number of nitrogens with zero attached hydrogens (tertiary/aromatic N) is 1. The van der Waals surface area contributed by atoms with Gasteiger partial charge in [-0.1, -0.05) is 68.4 Å². The molecule has 0 aliphatic heterocycles. The molecule has 0 aromatic heterocycles. The molecule has 0 amide bonds. The molecule has 6 nitrogen and oxygen atoms in total. The first-order valence-electron chi connectivity index (χ1n) is 10.2. The number of hydrogen-bond donors (Lipinski definition) is 3. The van der Waals surface area contributed by atoms with Crippen molar-refractivity contribution in [2.45, 2.75) is 51.4 Å². The van der Waals surface area contributed by atoms with Crippen LogP contribution in [0.25, 0.3) is 0 Å². The van der Waals surface area contributed by atoms with Gasteiger partial charge in [0, 0.05) is 31.6 Å². The van der Waals surface area contributed by atoms with E-state index < -0.39 is 10.0 Å². The highest BCUT2D eigenvalue weighted by Crippen LogP contribution is 2.21. The van der Waals surface area contributed by atoms with Crippen LogP contribution in [0.1, 0.15) is 44.4 Å². The Morgan fingerprint density at radius 2 is 1.55 bits per heavy atom. The molecule has 8 heteroatoms. The van der Waals surface area contributed by atoms with Crippen LogP contribution < -0.4 is 15.4 Å². The molecule has 2 rings (SSSR count). The van der Waals surface area contributed by atoms with Crippen LogP contribution in [0.3, 0.4) is 0 Å². The van der Waals surface area contributed by atoms with Crippen molar-refractivity contribution in [1.82, 2.24) is 15.4 Å². The van der Waals surface area contributed by atoms with E-state index in [1.165, 1.54) is 5.56 Å². The predicted octanol–water partition coefficient (Wildman–Crippen LogP) is 3.78. The summed E-state index contributed by atoms with van der Waals surface area (Å²) in [6.45, 7) is 9.20. The van der Waals surface area contributed by atoms with Gasteiger partial charge >= 0.3 is 0 Å². The first-order chi connectivity index (χ1) is 14.1. The lowest BCUT2D eigenvalue weighted by Crippen LogP contribution is -2.43. The first kappa shape index (κ1) is 27.4. The van der Waals surface area contributed by atoms with Crippen LogP contribution >= 0.6 is 24.0 Å². The van der Waals surface area contributed by atoms with E-state index in [0.717, 1.165) is 11.1 Å². The maximum atomic E-state index is 12.3. The SMILES string of the molecule is CN=C(NCc1ccccc1CS(=O)(=O)NC(C)C)NCC(C)(C)c1ccccc1.I. The van der Waals surface area contributed by atoms with Crippen molar-refractivity contribution in [2.24, 2.45) is 4.99 Å². The molecule has 0 radical (unpaired) electrons. The summed E-state index contributed by atoms with van der Waals surface area (Å²) in [5, 5.41) is 6.68. The van der Waals surface area contributed by atoms with Gasteiger partial charge in [-0.15, -0.1) is 24.0 Å². The molecular formula is C23H35IN4O2S. The highest BCUT2D eigenvalue weighted by atomic mass is 127. The molecule has 2 aromatic carbocycles. The number of guanidine groups is 1. The van der Waals surface area contributed by atoms with Gasteiger partial charge in [0.05, 0.1) is 5.75 Å². The van der Waals surface area contributed by atoms with Gasteiger partial charge < -0.3 is 10.6 Å². The van der Waals surface area contributed by atoms with Crippen LogP contribution in [0.5, 0.6) is 0 Å². The maximum Gasteiger partial charge on any atom is 0.216 e. The van der Waals surface area contributed by atoms with E-state index in [4.69, 9.17) is 0 Å². The van der Waals surface area contributed by atoms with Crippen LogP contribution in [0.2, 0.25) is 0 Å². The van der Waals surface area contributed by atoms with E-state index >= 15 is 0 Å². The minimum Gasteiger partial charge on any atom is -0.356 e. The number of nitrogens with one attached hydrogen (secondary N) is 3. The van der Waals surface area contributed by atoms with Gasteiger partial charge in [0.1, 0.15) is 0 Å². The average Bonchev–Trinajstić information content (AvgIpc) is 2.68. The van der Waals surface area contributed by atoms with Gasteiger partial charge in [-0.3, -0.25) is 4.99 Å². The van der Waals surface area contributed by atoms with Crippen LogP contribution in [-0.2, 0) is 27.7 Å². The molecule has 172 valence electrons. The van der Waals surface area contributed by atoms with Gasteiger partial charge in [0.25, 0.3) is 0 Å². The Hall–Kier alpha value is -1.65. The van der Waals surface area contributed by atoms with Crippen molar-refractivity contribution < 1.29 is 8.42 Å². The Bertz CT molecular complexity index is 945. The highest BCUT2D eigenvalue weighted by molar-refractivity contribution is 14.0. The summed E-state index contributed by atoms with van der Waals surface area (Å²) in [6.07, 6.45) is 0. The second-order valence-electron chi connectivity index (χ2n) is 8.33. The normalized spacial score (nSPS) is 12.4. The molecule has 0 bridgehead atoms. The Morgan fingerprint density at radius 1 is 0.968 bits per heavy atom. The second kappa shape index (κ2) is 12.4.